The molecule has 1 aromatic heterocycles. The number of H-pyrrole nitrogens is 1. The second kappa shape index (κ2) is 6.60. The number of rotatable bonds is 3. The molecule has 6 heteroatoms. The van der Waals surface area contributed by atoms with Gasteiger partial charge in [-0.15, -0.1) is 0 Å². The topological polar surface area (TPSA) is 88.3 Å². The van der Waals surface area contributed by atoms with E-state index in [1.54, 1.807) is 49.4 Å². The molecule has 0 saturated carbocycles. The van der Waals surface area contributed by atoms with Crippen molar-refractivity contribution < 1.29 is 14.3 Å². The maximum Gasteiger partial charge on any atom is 0.338 e. The Morgan fingerprint density at radius 1 is 1.04 bits per heavy atom. The molecule has 6 nitrogen and oxygen atoms in total. The Morgan fingerprint density at radius 2 is 1.80 bits per heavy atom. The van der Waals surface area contributed by atoms with Crippen molar-refractivity contribution in [1.82, 2.24) is 4.98 Å². The molecule has 0 fully saturated rings. The lowest BCUT2D eigenvalue weighted by atomic mass is 10.1. The van der Waals surface area contributed by atoms with Crippen LogP contribution in [0.15, 0.2) is 53.3 Å². The van der Waals surface area contributed by atoms with Crippen LogP contribution in [-0.2, 0) is 4.74 Å². The Morgan fingerprint density at radius 3 is 2.56 bits per heavy atom. The smallest absolute Gasteiger partial charge is 0.338 e. The summed E-state index contributed by atoms with van der Waals surface area (Å²) in [6, 6.07) is 13.3. The third-order valence-corrected chi connectivity index (χ3v) is 3.98. The molecule has 0 atom stereocenters. The predicted molar refractivity (Wildman–Crippen MR) is 95.0 cm³/mol. The Kier molecular flexibility index (Phi) is 4.35. The third-order valence-electron chi connectivity index (χ3n) is 3.98. The van der Waals surface area contributed by atoms with Crippen LogP contribution in [0.3, 0.4) is 0 Å². The summed E-state index contributed by atoms with van der Waals surface area (Å²) in [5.41, 5.74) is 1.94. The molecule has 0 spiro atoms. The molecule has 2 N–H and O–H groups in total. The molecule has 0 saturated heterocycles. The van der Waals surface area contributed by atoms with Crippen LogP contribution in [0.4, 0.5) is 5.69 Å². The first-order valence-corrected chi connectivity index (χ1v) is 7.62. The minimum absolute atomic E-state index is 0.266. The van der Waals surface area contributed by atoms with Gasteiger partial charge in [0.25, 0.3) is 5.91 Å². The second-order valence-electron chi connectivity index (χ2n) is 5.52. The molecule has 0 unspecified atom stereocenters. The minimum atomic E-state index is -0.477. The van der Waals surface area contributed by atoms with Crippen molar-refractivity contribution in [3.8, 4) is 0 Å². The van der Waals surface area contributed by atoms with Crippen molar-refractivity contribution in [1.29, 1.82) is 0 Å². The number of aromatic amines is 1. The van der Waals surface area contributed by atoms with Crippen molar-refractivity contribution in [2.24, 2.45) is 0 Å². The molecule has 3 aromatic rings. The summed E-state index contributed by atoms with van der Waals surface area (Å²) < 4.78 is 4.74. The summed E-state index contributed by atoms with van der Waals surface area (Å²) in [5, 5.41) is 3.41. The van der Waals surface area contributed by atoms with Gasteiger partial charge in [-0.1, -0.05) is 24.3 Å². The van der Waals surface area contributed by atoms with Crippen LogP contribution in [0.5, 0.6) is 0 Å². The minimum Gasteiger partial charge on any atom is -0.465 e. The molecule has 1 amide bonds. The van der Waals surface area contributed by atoms with E-state index < -0.39 is 11.9 Å². The SMILES string of the molecule is COC(=O)c1cccc(NC(=O)c2cc(=O)[nH]c3ccccc23)c1C. The van der Waals surface area contributed by atoms with E-state index in [9.17, 15) is 14.4 Å². The zero-order chi connectivity index (χ0) is 18.0. The molecule has 0 aliphatic carbocycles. The molecule has 1 heterocycles. The van der Waals surface area contributed by atoms with Gasteiger partial charge in [0.2, 0.25) is 5.56 Å². The number of benzene rings is 2. The monoisotopic (exact) mass is 336 g/mol. The maximum atomic E-state index is 12.7. The first-order valence-electron chi connectivity index (χ1n) is 7.62. The molecule has 25 heavy (non-hydrogen) atoms. The Hall–Kier alpha value is -3.41. The number of pyridine rings is 1. The average Bonchev–Trinajstić information content (AvgIpc) is 2.62. The largest absolute Gasteiger partial charge is 0.465 e. The van der Waals surface area contributed by atoms with Gasteiger partial charge in [-0.25, -0.2) is 4.79 Å². The van der Waals surface area contributed by atoms with Crippen LogP contribution in [-0.4, -0.2) is 24.0 Å². The fourth-order valence-corrected chi connectivity index (χ4v) is 2.68. The standard InChI is InChI=1S/C19H16N2O4/c1-11-12(19(24)25-2)7-5-9-15(11)21-18(23)14-10-17(22)20-16-8-4-3-6-13(14)16/h3-10H,1-2H3,(H,20,22)(H,21,23). The van der Waals surface area contributed by atoms with Gasteiger partial charge in [0.1, 0.15) is 0 Å². The van der Waals surface area contributed by atoms with Crippen molar-refractivity contribution in [2.75, 3.05) is 12.4 Å². The highest BCUT2D eigenvalue weighted by Crippen LogP contribution is 2.22. The average molecular weight is 336 g/mol. The van der Waals surface area contributed by atoms with Crippen LogP contribution >= 0.6 is 0 Å². The zero-order valence-corrected chi connectivity index (χ0v) is 13.8. The summed E-state index contributed by atoms with van der Waals surface area (Å²) in [6.45, 7) is 1.72. The van der Waals surface area contributed by atoms with E-state index in [1.165, 1.54) is 13.2 Å². The van der Waals surface area contributed by atoms with Gasteiger partial charge in [0.15, 0.2) is 0 Å². The molecular weight excluding hydrogens is 320 g/mol. The van der Waals surface area contributed by atoms with Crippen molar-refractivity contribution in [2.45, 2.75) is 6.92 Å². The number of ether oxygens (including phenoxy) is 1. The van der Waals surface area contributed by atoms with Gasteiger partial charge >= 0.3 is 5.97 Å². The van der Waals surface area contributed by atoms with Gasteiger partial charge in [-0.2, -0.15) is 0 Å². The molecule has 0 bridgehead atoms. The third kappa shape index (κ3) is 3.14. The molecule has 2 aromatic carbocycles. The number of para-hydroxylation sites is 1. The number of hydrogen-bond donors (Lipinski definition) is 2. The summed E-state index contributed by atoms with van der Waals surface area (Å²) in [4.78, 5) is 39.0. The van der Waals surface area contributed by atoms with E-state index in [1.807, 2.05) is 0 Å². The molecule has 0 aliphatic rings. The van der Waals surface area contributed by atoms with Crippen LogP contribution in [0, 0.1) is 6.92 Å². The Labute approximate surface area is 143 Å². The first kappa shape index (κ1) is 16.4. The normalized spacial score (nSPS) is 10.5. The highest BCUT2D eigenvalue weighted by atomic mass is 16.5. The number of aromatic nitrogens is 1. The van der Waals surface area contributed by atoms with Crippen molar-refractivity contribution >= 4 is 28.5 Å². The number of anilines is 1. The van der Waals surface area contributed by atoms with Crippen LogP contribution in [0.2, 0.25) is 0 Å². The molecule has 3 rings (SSSR count). The number of carbonyl (C=O) groups is 2. The van der Waals surface area contributed by atoms with Crippen LogP contribution < -0.4 is 10.9 Å². The lowest BCUT2D eigenvalue weighted by molar-refractivity contribution is 0.0599. The number of fused-ring (bicyclic) bond motifs is 1. The summed E-state index contributed by atoms with van der Waals surface area (Å²) in [7, 11) is 1.30. The van der Waals surface area contributed by atoms with E-state index in [4.69, 9.17) is 4.74 Å². The molecule has 0 radical (unpaired) electrons. The van der Waals surface area contributed by atoms with E-state index >= 15 is 0 Å². The summed E-state index contributed by atoms with van der Waals surface area (Å²) >= 11 is 0. The fraction of sp³-hybridized carbons (Fsp3) is 0.105. The van der Waals surface area contributed by atoms with Crippen LogP contribution in [0.1, 0.15) is 26.3 Å². The predicted octanol–water partition coefficient (Wildman–Crippen LogP) is 2.88. The number of nitrogens with one attached hydrogen (secondary N) is 2. The van der Waals surface area contributed by atoms with Crippen LogP contribution in [0.25, 0.3) is 10.9 Å². The van der Waals surface area contributed by atoms with Gasteiger partial charge in [0.05, 0.1) is 18.2 Å². The highest BCUT2D eigenvalue weighted by Gasteiger charge is 2.16. The van der Waals surface area contributed by atoms with Gasteiger partial charge in [-0.3, -0.25) is 9.59 Å². The fourth-order valence-electron chi connectivity index (χ4n) is 2.68. The lowest BCUT2D eigenvalue weighted by Crippen LogP contribution is -2.18. The number of methoxy groups -OCH3 is 1. The Bertz CT molecular complexity index is 1040. The van der Waals surface area contributed by atoms with Crippen molar-refractivity contribution in [3.05, 3.63) is 75.6 Å². The second-order valence-corrected chi connectivity index (χ2v) is 5.52. The van der Waals surface area contributed by atoms with Gasteiger partial charge < -0.3 is 15.0 Å². The highest BCUT2D eigenvalue weighted by molar-refractivity contribution is 6.12. The van der Waals surface area contributed by atoms with E-state index in [0.717, 1.165) is 0 Å². The Balaban J connectivity index is 2.02. The molecular formula is C19H16N2O4. The summed E-state index contributed by atoms with van der Waals surface area (Å²) in [5.74, 6) is -0.900. The zero-order valence-electron chi connectivity index (χ0n) is 13.8. The molecule has 0 aliphatic heterocycles. The van der Waals surface area contributed by atoms with Gasteiger partial charge in [-0.05, 0) is 30.7 Å². The number of esters is 1. The number of carbonyl (C=O) groups excluding carboxylic acids is 2. The molecule has 126 valence electrons. The lowest BCUT2D eigenvalue weighted by Gasteiger charge is -2.12. The van der Waals surface area contributed by atoms with E-state index in [0.29, 0.717) is 27.7 Å². The summed E-state index contributed by atoms with van der Waals surface area (Å²) in [6.07, 6.45) is 0. The quantitative estimate of drug-likeness (QED) is 0.720. The maximum absolute atomic E-state index is 12.7. The number of amides is 1. The number of hydrogen-bond acceptors (Lipinski definition) is 4. The van der Waals surface area contributed by atoms with Gasteiger partial charge in [0, 0.05) is 22.7 Å². The first-order chi connectivity index (χ1) is 12.0. The van der Waals surface area contributed by atoms with E-state index in [2.05, 4.69) is 10.3 Å². The van der Waals surface area contributed by atoms with E-state index in [-0.39, 0.29) is 11.1 Å². The van der Waals surface area contributed by atoms with Crippen molar-refractivity contribution in [3.63, 3.8) is 0 Å².